The van der Waals surface area contributed by atoms with Crippen LogP contribution in [0.2, 0.25) is 0 Å². The summed E-state index contributed by atoms with van der Waals surface area (Å²) >= 11 is 0. The highest BCUT2D eigenvalue weighted by Gasteiger charge is 2.23. The minimum Gasteiger partial charge on any atom is -0.480 e. The lowest BCUT2D eigenvalue weighted by Gasteiger charge is -2.28. The summed E-state index contributed by atoms with van der Waals surface area (Å²) in [5, 5.41) is 11.0. The van der Waals surface area contributed by atoms with Gasteiger partial charge in [-0.05, 0) is 25.7 Å². The summed E-state index contributed by atoms with van der Waals surface area (Å²) in [5.41, 5.74) is 0. The van der Waals surface area contributed by atoms with Gasteiger partial charge in [0.2, 0.25) is 5.91 Å². The number of carboxylic acid groups (broad SMARTS) is 1. The zero-order valence-corrected chi connectivity index (χ0v) is 10.4. The van der Waals surface area contributed by atoms with E-state index in [4.69, 9.17) is 9.84 Å². The summed E-state index contributed by atoms with van der Waals surface area (Å²) < 4.78 is 5.53. The van der Waals surface area contributed by atoms with Crippen molar-refractivity contribution < 1.29 is 19.4 Å². The highest BCUT2D eigenvalue weighted by Crippen LogP contribution is 2.25. The van der Waals surface area contributed by atoms with Gasteiger partial charge in [-0.3, -0.25) is 9.59 Å². The van der Waals surface area contributed by atoms with Crippen LogP contribution in [0.25, 0.3) is 0 Å². The molecular formula is C12H21NO4. The molecule has 5 nitrogen and oxygen atoms in total. The van der Waals surface area contributed by atoms with E-state index in [9.17, 15) is 9.59 Å². The van der Waals surface area contributed by atoms with Crippen molar-refractivity contribution in [2.45, 2.75) is 51.7 Å². The fraction of sp³-hybridized carbons (Fsp3) is 0.833. The van der Waals surface area contributed by atoms with Gasteiger partial charge in [0.1, 0.15) is 12.6 Å². The minimum absolute atomic E-state index is 0.0490. The molecule has 1 aliphatic rings. The molecule has 5 heteroatoms. The first-order valence-corrected chi connectivity index (χ1v) is 6.14. The third-order valence-electron chi connectivity index (χ3n) is 3.21. The molecule has 1 amide bonds. The van der Waals surface area contributed by atoms with Crippen LogP contribution < -0.4 is 5.32 Å². The average molecular weight is 243 g/mol. The van der Waals surface area contributed by atoms with Crippen molar-refractivity contribution in [3.8, 4) is 0 Å². The number of carboxylic acids is 1. The molecule has 1 saturated carbocycles. The third-order valence-corrected chi connectivity index (χ3v) is 3.21. The number of carbonyl (C=O) groups is 2. The summed E-state index contributed by atoms with van der Waals surface area (Å²) in [6, 6.07) is -0.866. The number of hydrogen-bond donors (Lipinski definition) is 2. The molecule has 17 heavy (non-hydrogen) atoms. The van der Waals surface area contributed by atoms with E-state index >= 15 is 0 Å². The minimum atomic E-state index is -1.04. The second kappa shape index (κ2) is 6.59. The maximum Gasteiger partial charge on any atom is 0.325 e. The number of aliphatic carboxylic acids is 1. The molecule has 2 N–H and O–H groups in total. The molecule has 0 saturated heterocycles. The quantitative estimate of drug-likeness (QED) is 0.760. The smallest absolute Gasteiger partial charge is 0.325 e. The first kappa shape index (κ1) is 14.0. The van der Waals surface area contributed by atoms with Gasteiger partial charge in [0.15, 0.2) is 0 Å². The Balaban J connectivity index is 2.25. The van der Waals surface area contributed by atoms with E-state index in [1.54, 1.807) is 0 Å². The molecule has 3 atom stereocenters. The number of carbonyl (C=O) groups excluding carboxylic acids is 1. The van der Waals surface area contributed by atoms with E-state index in [2.05, 4.69) is 12.2 Å². The number of amides is 1. The van der Waals surface area contributed by atoms with Crippen LogP contribution >= 0.6 is 0 Å². The fourth-order valence-corrected chi connectivity index (χ4v) is 2.06. The van der Waals surface area contributed by atoms with Gasteiger partial charge >= 0.3 is 5.97 Å². The Bertz CT molecular complexity index is 280. The van der Waals surface area contributed by atoms with Crippen LogP contribution in [-0.4, -0.2) is 35.7 Å². The third kappa shape index (κ3) is 4.73. The molecule has 0 bridgehead atoms. The van der Waals surface area contributed by atoms with E-state index < -0.39 is 12.0 Å². The zero-order valence-electron chi connectivity index (χ0n) is 10.4. The van der Waals surface area contributed by atoms with Gasteiger partial charge in [-0.2, -0.15) is 0 Å². The molecule has 2 unspecified atom stereocenters. The van der Waals surface area contributed by atoms with Crippen LogP contribution in [0.4, 0.5) is 0 Å². The Morgan fingerprint density at radius 2 is 2.06 bits per heavy atom. The Kier molecular flexibility index (Phi) is 5.41. The van der Waals surface area contributed by atoms with Gasteiger partial charge in [-0.15, -0.1) is 0 Å². The normalized spacial score (nSPS) is 26.2. The Morgan fingerprint density at radius 3 is 2.65 bits per heavy atom. The number of hydrogen-bond acceptors (Lipinski definition) is 3. The molecule has 1 rings (SSSR count). The van der Waals surface area contributed by atoms with Crippen molar-refractivity contribution in [3.05, 3.63) is 0 Å². The van der Waals surface area contributed by atoms with Crippen molar-refractivity contribution in [2.75, 3.05) is 6.61 Å². The molecule has 0 aromatic heterocycles. The lowest BCUT2D eigenvalue weighted by atomic mass is 9.88. The van der Waals surface area contributed by atoms with Crippen molar-refractivity contribution in [2.24, 2.45) is 5.92 Å². The monoisotopic (exact) mass is 243 g/mol. The standard InChI is InChI=1S/C12H21NO4/c1-8-5-3-4-6-10(8)17-7-11(14)13-9(2)12(15)16/h8-10H,3-7H2,1-2H3,(H,13,14)(H,15,16)/t8?,9-,10?/m0/s1. The molecule has 0 spiro atoms. The summed E-state index contributed by atoms with van der Waals surface area (Å²) in [7, 11) is 0. The molecule has 1 fully saturated rings. The number of ether oxygens (including phenoxy) is 1. The van der Waals surface area contributed by atoms with Crippen molar-refractivity contribution >= 4 is 11.9 Å². The zero-order chi connectivity index (χ0) is 12.8. The number of nitrogens with one attached hydrogen (secondary N) is 1. The summed E-state index contributed by atoms with van der Waals surface area (Å²) in [6.45, 7) is 3.51. The highest BCUT2D eigenvalue weighted by molar-refractivity contribution is 5.83. The van der Waals surface area contributed by atoms with Crippen LogP contribution in [0.1, 0.15) is 39.5 Å². The summed E-state index contributed by atoms with van der Waals surface area (Å²) in [4.78, 5) is 21.9. The Morgan fingerprint density at radius 1 is 1.41 bits per heavy atom. The predicted molar refractivity (Wildman–Crippen MR) is 62.6 cm³/mol. The van der Waals surface area contributed by atoms with Crippen molar-refractivity contribution in [1.82, 2.24) is 5.32 Å². The van der Waals surface area contributed by atoms with E-state index in [-0.39, 0.29) is 18.6 Å². The van der Waals surface area contributed by atoms with Crippen LogP contribution in [0.5, 0.6) is 0 Å². The molecule has 0 heterocycles. The highest BCUT2D eigenvalue weighted by atomic mass is 16.5. The SMILES string of the molecule is CC1CCCCC1OCC(=O)N[C@@H](C)C(=O)O. The predicted octanol–water partition coefficient (Wildman–Crippen LogP) is 1.17. The first-order chi connectivity index (χ1) is 8.00. The molecular weight excluding hydrogens is 222 g/mol. The molecule has 1 aliphatic carbocycles. The summed E-state index contributed by atoms with van der Waals surface area (Å²) in [5.74, 6) is -0.921. The maximum atomic E-state index is 11.4. The van der Waals surface area contributed by atoms with Gasteiger partial charge in [-0.25, -0.2) is 0 Å². The maximum absolute atomic E-state index is 11.4. The van der Waals surface area contributed by atoms with Gasteiger partial charge in [-0.1, -0.05) is 19.8 Å². The van der Waals surface area contributed by atoms with E-state index in [1.807, 2.05) is 0 Å². The van der Waals surface area contributed by atoms with Crippen LogP contribution in [0.15, 0.2) is 0 Å². The van der Waals surface area contributed by atoms with Gasteiger partial charge in [0, 0.05) is 0 Å². The average Bonchev–Trinajstić information content (AvgIpc) is 2.27. The largest absolute Gasteiger partial charge is 0.480 e. The van der Waals surface area contributed by atoms with Gasteiger partial charge < -0.3 is 15.2 Å². The van der Waals surface area contributed by atoms with E-state index in [0.717, 1.165) is 19.3 Å². The van der Waals surface area contributed by atoms with Gasteiger partial charge in [0.05, 0.1) is 6.10 Å². The van der Waals surface area contributed by atoms with Crippen molar-refractivity contribution in [3.63, 3.8) is 0 Å². The summed E-state index contributed by atoms with van der Waals surface area (Å²) in [6.07, 6.45) is 4.63. The molecule has 0 aliphatic heterocycles. The molecule has 0 aromatic carbocycles. The first-order valence-electron chi connectivity index (χ1n) is 6.14. The van der Waals surface area contributed by atoms with E-state index in [0.29, 0.717) is 5.92 Å². The lowest BCUT2D eigenvalue weighted by Crippen LogP contribution is -2.41. The fourth-order valence-electron chi connectivity index (χ4n) is 2.06. The van der Waals surface area contributed by atoms with Crippen LogP contribution in [0, 0.1) is 5.92 Å². The lowest BCUT2D eigenvalue weighted by molar-refractivity contribution is -0.142. The molecule has 0 radical (unpaired) electrons. The Hall–Kier alpha value is -1.10. The second-order valence-electron chi connectivity index (χ2n) is 4.74. The number of rotatable bonds is 5. The topological polar surface area (TPSA) is 75.6 Å². The van der Waals surface area contributed by atoms with Gasteiger partial charge in [0.25, 0.3) is 0 Å². The molecule has 98 valence electrons. The molecule has 0 aromatic rings. The van der Waals surface area contributed by atoms with Crippen molar-refractivity contribution in [1.29, 1.82) is 0 Å². The van der Waals surface area contributed by atoms with Crippen LogP contribution in [0.3, 0.4) is 0 Å². The Labute approximate surface area is 102 Å². The second-order valence-corrected chi connectivity index (χ2v) is 4.74. The van der Waals surface area contributed by atoms with E-state index in [1.165, 1.54) is 13.3 Å². The van der Waals surface area contributed by atoms with Crippen LogP contribution in [-0.2, 0) is 14.3 Å².